The van der Waals surface area contributed by atoms with Gasteiger partial charge >= 0.3 is 9.28 Å². The van der Waals surface area contributed by atoms with Gasteiger partial charge < -0.3 is 23.4 Å². The summed E-state index contributed by atoms with van der Waals surface area (Å²) in [7, 11) is -1.87. The summed E-state index contributed by atoms with van der Waals surface area (Å²) in [4.78, 5) is 0. The fourth-order valence-corrected chi connectivity index (χ4v) is 5.64. The summed E-state index contributed by atoms with van der Waals surface area (Å²) in [6.45, 7) is 13.5. The van der Waals surface area contributed by atoms with Gasteiger partial charge in [-0.05, 0) is 73.1 Å². The molecule has 1 saturated carbocycles. The predicted molar refractivity (Wildman–Crippen MR) is 98.4 cm³/mol. The third kappa shape index (κ3) is 7.93. The van der Waals surface area contributed by atoms with Crippen LogP contribution in [-0.2, 0) is 18.3 Å². The van der Waals surface area contributed by atoms with E-state index in [1.807, 2.05) is 27.7 Å². The van der Waals surface area contributed by atoms with Crippen molar-refractivity contribution in [1.82, 2.24) is 0 Å². The highest BCUT2D eigenvalue weighted by Gasteiger charge is 2.35. The van der Waals surface area contributed by atoms with Gasteiger partial charge in [0.2, 0.25) is 0 Å². The largest absolute Gasteiger partial charge is 0.395 e. The Morgan fingerprint density at radius 1 is 1.00 bits per heavy atom. The van der Waals surface area contributed by atoms with E-state index in [4.69, 9.17) is 18.3 Å². The summed E-state index contributed by atoms with van der Waals surface area (Å²) in [6.07, 6.45) is 3.50. The second-order valence-electron chi connectivity index (χ2n) is 7.21. The lowest BCUT2D eigenvalue weighted by atomic mass is 9.83. The Bertz CT molecular complexity index is 321. The molecule has 1 rings (SSSR count). The van der Waals surface area contributed by atoms with Crippen LogP contribution in [0.15, 0.2) is 0 Å². The molecule has 144 valence electrons. The van der Waals surface area contributed by atoms with Crippen LogP contribution < -0.4 is 0 Å². The monoisotopic (exact) mass is 362 g/mol. The fraction of sp³-hybridized carbons (Fsp3) is 1.00. The van der Waals surface area contributed by atoms with Gasteiger partial charge in [0.1, 0.15) is 0 Å². The van der Waals surface area contributed by atoms with Crippen molar-refractivity contribution in [3.05, 3.63) is 0 Å². The number of hydrogen-bond acceptors (Lipinski definition) is 5. The molecule has 1 N–H and O–H groups in total. The zero-order valence-corrected chi connectivity index (χ0v) is 17.5. The number of aliphatic hydroxyl groups is 1. The maximum absolute atomic E-state index is 10.2. The molecular weight excluding hydrogens is 324 g/mol. The molecule has 4 unspecified atom stereocenters. The van der Waals surface area contributed by atoms with Crippen LogP contribution in [0.2, 0.25) is 0 Å². The van der Waals surface area contributed by atoms with E-state index in [2.05, 4.69) is 13.8 Å². The summed E-state index contributed by atoms with van der Waals surface area (Å²) in [5.41, 5.74) is 0.0462. The first-order chi connectivity index (χ1) is 11.4. The van der Waals surface area contributed by atoms with Crippen molar-refractivity contribution in [3.63, 3.8) is 0 Å². The van der Waals surface area contributed by atoms with Crippen molar-refractivity contribution in [2.24, 2.45) is 5.92 Å². The van der Waals surface area contributed by atoms with Crippen molar-refractivity contribution in [2.75, 3.05) is 13.2 Å². The van der Waals surface area contributed by atoms with E-state index < -0.39 is 9.28 Å². The SMILES string of the molecule is CCO[SiH](OCC)C(CC1CCC(O)C(OC(C)C)C1)OC(C)C. The zero-order chi connectivity index (χ0) is 18.1. The fourth-order valence-electron chi connectivity index (χ4n) is 3.41. The first-order valence-electron chi connectivity index (χ1n) is 9.59. The molecule has 1 aliphatic carbocycles. The summed E-state index contributed by atoms with van der Waals surface area (Å²) in [6, 6.07) is 0. The molecule has 0 aliphatic heterocycles. The Kier molecular flexibility index (Phi) is 10.7. The van der Waals surface area contributed by atoms with Crippen LogP contribution in [0.1, 0.15) is 67.2 Å². The van der Waals surface area contributed by atoms with Crippen LogP contribution >= 0.6 is 0 Å². The predicted octanol–water partition coefficient (Wildman–Crippen LogP) is 2.96. The van der Waals surface area contributed by atoms with E-state index >= 15 is 0 Å². The molecule has 0 aromatic rings. The van der Waals surface area contributed by atoms with Gasteiger partial charge in [-0.25, -0.2) is 0 Å². The van der Waals surface area contributed by atoms with Crippen LogP contribution in [0, 0.1) is 5.92 Å². The Morgan fingerprint density at radius 2 is 1.62 bits per heavy atom. The average Bonchev–Trinajstić information content (AvgIpc) is 2.49. The summed E-state index contributed by atoms with van der Waals surface area (Å²) < 4.78 is 23.9. The van der Waals surface area contributed by atoms with Crippen LogP contribution in [0.4, 0.5) is 0 Å². The Morgan fingerprint density at radius 3 is 2.12 bits per heavy atom. The van der Waals surface area contributed by atoms with Gasteiger partial charge in [-0.2, -0.15) is 0 Å². The molecule has 0 spiro atoms. The van der Waals surface area contributed by atoms with Gasteiger partial charge in [0.25, 0.3) is 0 Å². The normalized spacial score (nSPS) is 26.5. The minimum atomic E-state index is -1.87. The smallest absolute Gasteiger partial charge is 0.351 e. The van der Waals surface area contributed by atoms with Crippen LogP contribution in [-0.4, -0.2) is 57.7 Å². The standard InChI is InChI=1S/C18H38O5Si/c1-7-20-24(21-8-2)18(23-14(5)6)12-15-9-10-16(19)17(11-15)22-13(3)4/h13-19,24H,7-12H2,1-6H3. The third-order valence-corrected chi connectivity index (χ3v) is 6.65. The topological polar surface area (TPSA) is 57.2 Å². The number of hydrogen-bond donors (Lipinski definition) is 1. The van der Waals surface area contributed by atoms with E-state index in [0.29, 0.717) is 19.1 Å². The lowest BCUT2D eigenvalue weighted by Crippen LogP contribution is -2.44. The van der Waals surface area contributed by atoms with Gasteiger partial charge in [-0.15, -0.1) is 0 Å². The Labute approximate surface area is 149 Å². The molecule has 0 saturated heterocycles. The van der Waals surface area contributed by atoms with Gasteiger partial charge in [0.15, 0.2) is 0 Å². The van der Waals surface area contributed by atoms with Crippen molar-refractivity contribution < 1.29 is 23.4 Å². The second kappa shape index (κ2) is 11.6. The van der Waals surface area contributed by atoms with Gasteiger partial charge in [0, 0.05) is 13.2 Å². The zero-order valence-electron chi connectivity index (χ0n) is 16.4. The molecule has 6 heteroatoms. The van der Waals surface area contributed by atoms with Crippen molar-refractivity contribution in [3.8, 4) is 0 Å². The van der Waals surface area contributed by atoms with Gasteiger partial charge in [-0.1, -0.05) is 0 Å². The molecule has 1 aliphatic rings. The molecule has 0 aromatic heterocycles. The minimum Gasteiger partial charge on any atom is -0.395 e. The second-order valence-corrected chi connectivity index (χ2v) is 9.35. The lowest BCUT2D eigenvalue weighted by molar-refractivity contribution is -0.0988. The van der Waals surface area contributed by atoms with Crippen LogP contribution in [0.25, 0.3) is 0 Å². The van der Waals surface area contributed by atoms with E-state index in [-0.39, 0.29) is 30.1 Å². The van der Waals surface area contributed by atoms with Crippen molar-refractivity contribution in [1.29, 1.82) is 0 Å². The Hall–Kier alpha value is 0.0169. The van der Waals surface area contributed by atoms with E-state index in [1.54, 1.807) is 0 Å². The molecule has 5 nitrogen and oxygen atoms in total. The number of rotatable bonds is 11. The summed E-state index contributed by atoms with van der Waals surface area (Å²) in [5, 5.41) is 10.2. The summed E-state index contributed by atoms with van der Waals surface area (Å²) >= 11 is 0. The highest BCUT2D eigenvalue weighted by atomic mass is 28.3. The molecular formula is C18H38O5Si. The van der Waals surface area contributed by atoms with Gasteiger partial charge in [0.05, 0.1) is 30.1 Å². The molecule has 0 aromatic carbocycles. The first kappa shape index (κ1) is 22.1. The molecule has 24 heavy (non-hydrogen) atoms. The molecule has 0 amide bonds. The van der Waals surface area contributed by atoms with E-state index in [9.17, 15) is 5.11 Å². The summed E-state index contributed by atoms with van der Waals surface area (Å²) in [5.74, 6) is 0.483. The van der Waals surface area contributed by atoms with E-state index in [0.717, 1.165) is 25.7 Å². The number of aliphatic hydroxyl groups excluding tert-OH is 1. The molecule has 0 heterocycles. The molecule has 0 radical (unpaired) electrons. The third-order valence-electron chi connectivity index (χ3n) is 4.29. The van der Waals surface area contributed by atoms with Crippen molar-refractivity contribution >= 4 is 9.28 Å². The van der Waals surface area contributed by atoms with Crippen molar-refractivity contribution in [2.45, 2.75) is 97.4 Å². The van der Waals surface area contributed by atoms with Gasteiger partial charge in [-0.3, -0.25) is 0 Å². The highest BCUT2D eigenvalue weighted by Crippen LogP contribution is 2.32. The Balaban J connectivity index is 2.70. The maximum Gasteiger partial charge on any atom is 0.351 e. The molecule has 0 bridgehead atoms. The first-order valence-corrected chi connectivity index (χ1v) is 11.2. The number of ether oxygens (including phenoxy) is 2. The average molecular weight is 363 g/mol. The van der Waals surface area contributed by atoms with E-state index in [1.165, 1.54) is 0 Å². The molecule has 4 atom stereocenters. The quantitative estimate of drug-likeness (QED) is 0.573. The van der Waals surface area contributed by atoms with Crippen LogP contribution in [0.3, 0.4) is 0 Å². The maximum atomic E-state index is 10.2. The lowest BCUT2D eigenvalue weighted by Gasteiger charge is -2.37. The minimum absolute atomic E-state index is 0.0462. The highest BCUT2D eigenvalue weighted by molar-refractivity contribution is 6.46. The van der Waals surface area contributed by atoms with Crippen LogP contribution in [0.5, 0.6) is 0 Å². The molecule has 1 fully saturated rings.